The first-order valence-electron chi connectivity index (χ1n) is 11.4. The van der Waals surface area contributed by atoms with Crippen molar-refractivity contribution in [3.63, 3.8) is 0 Å². The zero-order valence-electron chi connectivity index (χ0n) is 19.3. The Balaban J connectivity index is 1.57. The number of morpholine rings is 1. The van der Waals surface area contributed by atoms with Crippen LogP contribution in [0.2, 0.25) is 0 Å². The third-order valence-corrected chi connectivity index (χ3v) is 7.64. The van der Waals surface area contributed by atoms with E-state index in [2.05, 4.69) is 29.0 Å². The second-order valence-electron chi connectivity index (χ2n) is 9.58. The number of pyridine rings is 1. The third-order valence-electron chi connectivity index (χ3n) is 6.31. The molecule has 0 saturated carbocycles. The van der Waals surface area contributed by atoms with Crippen LogP contribution in [0.15, 0.2) is 47.4 Å². The predicted molar refractivity (Wildman–Crippen MR) is 134 cm³/mol. The van der Waals surface area contributed by atoms with Gasteiger partial charge in [-0.15, -0.1) is 11.3 Å². The molecule has 34 heavy (non-hydrogen) atoms. The van der Waals surface area contributed by atoms with E-state index in [0.717, 1.165) is 46.1 Å². The molecule has 1 aliphatic heterocycles. The SMILES string of the molecule is CC1(C)CC(=O)c2sc(N3CCOCC3)c(-c3cccc(NC(=O)c4ccc[nH]c4=O)c3)c2C1. The number of ketones is 1. The van der Waals surface area contributed by atoms with Gasteiger partial charge in [-0.1, -0.05) is 26.0 Å². The lowest BCUT2D eigenvalue weighted by Gasteiger charge is -2.30. The molecule has 176 valence electrons. The number of ether oxygens (including phenoxy) is 1. The molecule has 2 aromatic heterocycles. The number of fused-ring (bicyclic) bond motifs is 1. The van der Waals surface area contributed by atoms with Crippen molar-refractivity contribution >= 4 is 33.7 Å². The standard InChI is InChI=1S/C26H27N3O4S/c1-26(2)14-19-21(25(29-9-11-33-12-10-29)34-22(19)20(30)15-26)16-5-3-6-17(13-16)28-24(32)18-7-4-8-27-23(18)31/h3-8,13H,9-12,14-15H2,1-2H3,(H,27,31)(H,28,32). The molecule has 0 radical (unpaired) electrons. The normalized spacial score (nSPS) is 17.4. The summed E-state index contributed by atoms with van der Waals surface area (Å²) in [7, 11) is 0. The molecule has 3 aromatic rings. The fourth-order valence-electron chi connectivity index (χ4n) is 4.74. The number of nitrogens with zero attached hydrogens (tertiary/aromatic N) is 1. The first-order chi connectivity index (χ1) is 16.3. The Labute approximate surface area is 201 Å². The monoisotopic (exact) mass is 477 g/mol. The van der Waals surface area contributed by atoms with Gasteiger partial charge in [-0.25, -0.2) is 0 Å². The van der Waals surface area contributed by atoms with Gasteiger partial charge in [-0.2, -0.15) is 0 Å². The Hall–Kier alpha value is -3.23. The number of nitrogens with one attached hydrogen (secondary N) is 2. The van der Waals surface area contributed by atoms with Gasteiger partial charge in [0.15, 0.2) is 5.78 Å². The molecule has 0 unspecified atom stereocenters. The van der Waals surface area contributed by atoms with Gasteiger partial charge in [-0.05, 0) is 47.2 Å². The van der Waals surface area contributed by atoms with Crippen molar-refractivity contribution < 1.29 is 14.3 Å². The summed E-state index contributed by atoms with van der Waals surface area (Å²) in [5.41, 5.74) is 3.22. The van der Waals surface area contributed by atoms with Gasteiger partial charge < -0.3 is 19.9 Å². The number of hydrogen-bond acceptors (Lipinski definition) is 6. The van der Waals surface area contributed by atoms with Gasteiger partial charge in [0.2, 0.25) is 0 Å². The highest BCUT2D eigenvalue weighted by Crippen LogP contribution is 2.49. The van der Waals surface area contributed by atoms with Crippen molar-refractivity contribution in [2.45, 2.75) is 26.7 Å². The number of amides is 1. The van der Waals surface area contributed by atoms with Gasteiger partial charge >= 0.3 is 0 Å². The van der Waals surface area contributed by atoms with Crippen LogP contribution in [-0.2, 0) is 11.2 Å². The van der Waals surface area contributed by atoms with Crippen molar-refractivity contribution in [3.05, 3.63) is 69.0 Å². The Morgan fingerprint density at radius 3 is 2.68 bits per heavy atom. The topological polar surface area (TPSA) is 91.5 Å². The number of carbonyl (C=O) groups excluding carboxylic acids is 2. The summed E-state index contributed by atoms with van der Waals surface area (Å²) in [5.74, 6) is -0.263. The highest BCUT2D eigenvalue weighted by Gasteiger charge is 2.37. The summed E-state index contributed by atoms with van der Waals surface area (Å²) in [4.78, 5) is 43.5. The zero-order chi connectivity index (χ0) is 23.9. The van der Waals surface area contributed by atoms with Crippen LogP contribution in [0.1, 0.15) is 45.9 Å². The predicted octanol–water partition coefficient (Wildman–Crippen LogP) is 4.35. The molecule has 7 nitrogen and oxygen atoms in total. The van der Waals surface area contributed by atoms with Crippen LogP contribution in [0.3, 0.4) is 0 Å². The molecule has 1 fully saturated rings. The largest absolute Gasteiger partial charge is 0.378 e. The molecule has 1 aliphatic carbocycles. The number of rotatable bonds is 4. The number of anilines is 2. The van der Waals surface area contributed by atoms with Crippen molar-refractivity contribution in [2.24, 2.45) is 5.41 Å². The van der Waals surface area contributed by atoms with E-state index >= 15 is 0 Å². The summed E-state index contributed by atoms with van der Waals surface area (Å²) in [6, 6.07) is 10.8. The smallest absolute Gasteiger partial charge is 0.261 e. The first-order valence-corrected chi connectivity index (χ1v) is 12.3. The number of aromatic amines is 1. The van der Waals surface area contributed by atoms with E-state index in [9.17, 15) is 14.4 Å². The van der Waals surface area contributed by atoms with Crippen LogP contribution in [0.25, 0.3) is 11.1 Å². The van der Waals surface area contributed by atoms with Crippen LogP contribution < -0.4 is 15.8 Å². The highest BCUT2D eigenvalue weighted by atomic mass is 32.1. The number of hydrogen-bond donors (Lipinski definition) is 2. The lowest BCUT2D eigenvalue weighted by atomic mass is 9.75. The Morgan fingerprint density at radius 1 is 1.12 bits per heavy atom. The van der Waals surface area contributed by atoms with Crippen LogP contribution in [0.5, 0.6) is 0 Å². The van der Waals surface area contributed by atoms with Gasteiger partial charge in [0.25, 0.3) is 11.5 Å². The molecule has 2 N–H and O–H groups in total. The second-order valence-corrected chi connectivity index (χ2v) is 10.6. The zero-order valence-corrected chi connectivity index (χ0v) is 20.1. The van der Waals surface area contributed by atoms with Crippen molar-refractivity contribution in [3.8, 4) is 11.1 Å². The van der Waals surface area contributed by atoms with Gasteiger partial charge in [0.1, 0.15) is 5.56 Å². The average Bonchev–Trinajstić information content (AvgIpc) is 3.19. The van der Waals surface area contributed by atoms with Crippen molar-refractivity contribution in [1.29, 1.82) is 0 Å². The van der Waals surface area contributed by atoms with E-state index < -0.39 is 11.5 Å². The second kappa shape index (κ2) is 8.85. The number of benzene rings is 1. The molecule has 0 atom stereocenters. The summed E-state index contributed by atoms with van der Waals surface area (Å²) in [6.07, 6.45) is 2.86. The molecule has 3 heterocycles. The van der Waals surface area contributed by atoms with E-state index in [4.69, 9.17) is 4.74 Å². The van der Waals surface area contributed by atoms with E-state index in [-0.39, 0.29) is 16.8 Å². The minimum Gasteiger partial charge on any atom is -0.378 e. The Kier molecular flexibility index (Phi) is 5.87. The number of aromatic nitrogens is 1. The van der Waals surface area contributed by atoms with Crippen molar-refractivity contribution in [1.82, 2.24) is 4.98 Å². The molecule has 8 heteroatoms. The van der Waals surface area contributed by atoms with E-state index in [1.54, 1.807) is 23.5 Å². The Bertz CT molecular complexity index is 1320. The molecule has 0 spiro atoms. The average molecular weight is 478 g/mol. The van der Waals surface area contributed by atoms with Gasteiger partial charge in [-0.3, -0.25) is 14.4 Å². The summed E-state index contributed by atoms with van der Waals surface area (Å²) in [6.45, 7) is 7.14. The minimum atomic E-state index is -0.462. The van der Waals surface area contributed by atoms with E-state index in [1.165, 1.54) is 12.3 Å². The van der Waals surface area contributed by atoms with E-state index in [0.29, 0.717) is 25.3 Å². The fourth-order valence-corrected chi connectivity index (χ4v) is 6.07. The molecule has 1 amide bonds. The molecule has 5 rings (SSSR count). The summed E-state index contributed by atoms with van der Waals surface area (Å²) in [5, 5.41) is 3.93. The maximum Gasteiger partial charge on any atom is 0.261 e. The van der Waals surface area contributed by atoms with Crippen LogP contribution >= 0.6 is 11.3 Å². The highest BCUT2D eigenvalue weighted by molar-refractivity contribution is 7.19. The molecule has 1 saturated heterocycles. The van der Waals surface area contributed by atoms with Gasteiger partial charge in [0.05, 0.1) is 23.1 Å². The minimum absolute atomic E-state index is 0.0576. The quantitative estimate of drug-likeness (QED) is 0.583. The first kappa shape index (κ1) is 22.6. The number of H-pyrrole nitrogens is 1. The summed E-state index contributed by atoms with van der Waals surface area (Å²) < 4.78 is 5.56. The molecular formula is C26H27N3O4S. The van der Waals surface area contributed by atoms with Crippen LogP contribution in [-0.4, -0.2) is 43.0 Å². The lowest BCUT2D eigenvalue weighted by Crippen LogP contribution is -2.36. The molecule has 1 aromatic carbocycles. The molecular weight excluding hydrogens is 450 g/mol. The third kappa shape index (κ3) is 4.31. The number of carbonyl (C=O) groups is 2. The van der Waals surface area contributed by atoms with Crippen LogP contribution in [0.4, 0.5) is 10.7 Å². The maximum atomic E-state index is 13.1. The van der Waals surface area contributed by atoms with E-state index in [1.807, 2.05) is 18.2 Å². The number of thiophene rings is 1. The van der Waals surface area contributed by atoms with Crippen LogP contribution in [0, 0.1) is 5.41 Å². The summed E-state index contributed by atoms with van der Waals surface area (Å²) >= 11 is 1.58. The Morgan fingerprint density at radius 2 is 1.91 bits per heavy atom. The maximum absolute atomic E-state index is 13.1. The number of Topliss-reactive ketones (excluding diaryl/α,β-unsaturated/α-hetero) is 1. The molecule has 2 aliphatic rings. The lowest BCUT2D eigenvalue weighted by molar-refractivity contribution is 0.0917. The molecule has 0 bridgehead atoms. The van der Waals surface area contributed by atoms with Gasteiger partial charge in [0, 0.05) is 37.0 Å². The van der Waals surface area contributed by atoms with Crippen molar-refractivity contribution in [2.75, 3.05) is 36.5 Å². The fraction of sp³-hybridized carbons (Fsp3) is 0.346.